The summed E-state index contributed by atoms with van der Waals surface area (Å²) in [6, 6.07) is 3.62. The molecule has 4 nitrogen and oxygen atoms in total. The number of rotatable bonds is 6. The van der Waals surface area contributed by atoms with Crippen molar-refractivity contribution < 1.29 is 27.5 Å². The molecular formula is C14H14F3NO3. The highest BCUT2D eigenvalue weighted by Crippen LogP contribution is 2.25. The van der Waals surface area contributed by atoms with Gasteiger partial charge in [0.25, 0.3) is 0 Å². The molecule has 0 atom stereocenters. The van der Waals surface area contributed by atoms with Crippen molar-refractivity contribution in [1.82, 2.24) is 5.32 Å². The van der Waals surface area contributed by atoms with Crippen LogP contribution in [0.1, 0.15) is 29.3 Å². The van der Waals surface area contributed by atoms with Crippen LogP contribution in [-0.2, 0) is 4.79 Å². The lowest BCUT2D eigenvalue weighted by atomic mass is 10.1. The number of hydrogen-bond acceptors (Lipinski definition) is 3. The number of amides is 1. The smallest absolute Gasteiger partial charge is 0.406 e. The summed E-state index contributed by atoms with van der Waals surface area (Å²) in [6.07, 6.45) is -0.624. The number of nitrogens with one attached hydrogen (secondary N) is 1. The maximum Gasteiger partial charge on any atom is 0.573 e. The molecule has 0 fully saturated rings. The normalized spacial score (nSPS) is 11.4. The SMILES string of the molecule is CC(=O)NCCC=Cc1cc(C=O)cc(OC(F)(F)F)c1. The highest BCUT2D eigenvalue weighted by atomic mass is 19.4. The van der Waals surface area contributed by atoms with E-state index in [0.717, 1.165) is 6.07 Å². The molecule has 114 valence electrons. The maximum absolute atomic E-state index is 12.2. The molecule has 0 heterocycles. The van der Waals surface area contributed by atoms with Gasteiger partial charge in [-0.2, -0.15) is 0 Å². The quantitative estimate of drug-likeness (QED) is 0.649. The second-order valence-electron chi connectivity index (χ2n) is 4.18. The summed E-state index contributed by atoms with van der Waals surface area (Å²) < 4.78 is 40.3. The van der Waals surface area contributed by atoms with Gasteiger partial charge in [0.05, 0.1) is 0 Å². The highest BCUT2D eigenvalue weighted by molar-refractivity contribution is 5.77. The Kier molecular flexibility index (Phi) is 5.95. The van der Waals surface area contributed by atoms with E-state index in [1.54, 1.807) is 12.2 Å². The molecule has 0 saturated carbocycles. The van der Waals surface area contributed by atoms with Crippen LogP contribution in [0.3, 0.4) is 0 Å². The van der Waals surface area contributed by atoms with Gasteiger partial charge >= 0.3 is 6.36 Å². The molecule has 0 spiro atoms. The van der Waals surface area contributed by atoms with Crippen LogP contribution in [0, 0.1) is 0 Å². The van der Waals surface area contributed by atoms with Gasteiger partial charge in [0.1, 0.15) is 12.0 Å². The fourth-order valence-electron chi connectivity index (χ4n) is 1.55. The first-order chi connectivity index (χ1) is 9.80. The van der Waals surface area contributed by atoms with Crippen molar-refractivity contribution in [2.45, 2.75) is 19.7 Å². The number of carbonyl (C=O) groups excluding carboxylic acids is 2. The maximum atomic E-state index is 12.2. The summed E-state index contributed by atoms with van der Waals surface area (Å²) in [7, 11) is 0. The first-order valence-corrected chi connectivity index (χ1v) is 6.07. The predicted molar refractivity (Wildman–Crippen MR) is 70.8 cm³/mol. The summed E-state index contributed by atoms with van der Waals surface area (Å²) in [5.74, 6) is -0.610. The van der Waals surface area contributed by atoms with E-state index in [-0.39, 0.29) is 11.5 Å². The van der Waals surface area contributed by atoms with E-state index in [0.29, 0.717) is 24.8 Å². The van der Waals surface area contributed by atoms with Crippen molar-refractivity contribution in [1.29, 1.82) is 0 Å². The lowest BCUT2D eigenvalue weighted by Crippen LogP contribution is -2.20. The molecule has 0 aliphatic heterocycles. The van der Waals surface area contributed by atoms with Crippen LogP contribution < -0.4 is 10.1 Å². The fourth-order valence-corrected chi connectivity index (χ4v) is 1.55. The molecule has 1 amide bonds. The Bertz CT molecular complexity index is 539. The first-order valence-electron chi connectivity index (χ1n) is 6.07. The molecule has 0 bridgehead atoms. The number of hydrogen-bond donors (Lipinski definition) is 1. The first kappa shape index (κ1) is 16.7. The van der Waals surface area contributed by atoms with Crippen LogP contribution in [-0.4, -0.2) is 25.1 Å². The number of halogens is 3. The van der Waals surface area contributed by atoms with Crippen LogP contribution in [0.5, 0.6) is 5.75 Å². The molecule has 0 unspecified atom stereocenters. The van der Waals surface area contributed by atoms with Gasteiger partial charge in [0.2, 0.25) is 5.91 Å². The molecule has 21 heavy (non-hydrogen) atoms. The summed E-state index contributed by atoms with van der Waals surface area (Å²) in [5.41, 5.74) is 0.486. The average Bonchev–Trinajstić information content (AvgIpc) is 2.35. The van der Waals surface area contributed by atoms with Gasteiger partial charge in [-0.05, 0) is 30.2 Å². The van der Waals surface area contributed by atoms with Crippen molar-refractivity contribution in [3.63, 3.8) is 0 Å². The molecule has 1 rings (SSSR count). The van der Waals surface area contributed by atoms with Gasteiger partial charge in [0, 0.05) is 19.0 Å². The molecule has 0 radical (unpaired) electrons. The number of carbonyl (C=O) groups is 2. The Balaban J connectivity index is 2.77. The zero-order chi connectivity index (χ0) is 15.9. The minimum absolute atomic E-state index is 0.0817. The molecule has 1 N–H and O–H groups in total. The molecule has 0 aliphatic rings. The summed E-state index contributed by atoms with van der Waals surface area (Å²) in [4.78, 5) is 21.4. The van der Waals surface area contributed by atoms with E-state index in [9.17, 15) is 22.8 Å². The molecule has 0 aliphatic carbocycles. The van der Waals surface area contributed by atoms with E-state index >= 15 is 0 Å². The topological polar surface area (TPSA) is 55.4 Å². The van der Waals surface area contributed by atoms with Crippen LogP contribution in [0.4, 0.5) is 13.2 Å². The minimum atomic E-state index is -4.81. The predicted octanol–water partition coefficient (Wildman–Crippen LogP) is 2.94. The molecular weight excluding hydrogens is 287 g/mol. The molecule has 7 heteroatoms. The number of aldehydes is 1. The lowest BCUT2D eigenvalue weighted by Gasteiger charge is -2.10. The van der Waals surface area contributed by atoms with E-state index in [4.69, 9.17) is 0 Å². The van der Waals surface area contributed by atoms with Crippen molar-refractivity contribution in [2.75, 3.05) is 6.54 Å². The zero-order valence-corrected chi connectivity index (χ0v) is 11.2. The molecule has 1 aromatic rings. The van der Waals surface area contributed by atoms with Crippen LogP contribution in [0.2, 0.25) is 0 Å². The monoisotopic (exact) mass is 301 g/mol. The number of alkyl halides is 3. The van der Waals surface area contributed by atoms with Gasteiger partial charge in [-0.1, -0.05) is 12.2 Å². The van der Waals surface area contributed by atoms with Gasteiger partial charge in [-0.15, -0.1) is 13.2 Å². The largest absolute Gasteiger partial charge is 0.573 e. The van der Waals surface area contributed by atoms with Gasteiger partial charge in [-0.3, -0.25) is 9.59 Å². The van der Waals surface area contributed by atoms with Gasteiger partial charge in [-0.25, -0.2) is 0 Å². The summed E-state index contributed by atoms with van der Waals surface area (Å²) in [5, 5.41) is 2.58. The third kappa shape index (κ3) is 7.14. The fraction of sp³-hybridized carbons (Fsp3) is 0.286. The van der Waals surface area contributed by atoms with Crippen molar-refractivity contribution in [2.24, 2.45) is 0 Å². The van der Waals surface area contributed by atoms with Gasteiger partial charge < -0.3 is 10.1 Å². The van der Waals surface area contributed by atoms with Crippen molar-refractivity contribution in [3.8, 4) is 5.75 Å². The third-order valence-electron chi connectivity index (χ3n) is 2.32. The number of benzene rings is 1. The minimum Gasteiger partial charge on any atom is -0.406 e. The zero-order valence-electron chi connectivity index (χ0n) is 11.2. The summed E-state index contributed by atoms with van der Waals surface area (Å²) in [6.45, 7) is 1.81. The van der Waals surface area contributed by atoms with Crippen molar-refractivity contribution >= 4 is 18.3 Å². The van der Waals surface area contributed by atoms with Crippen LogP contribution >= 0.6 is 0 Å². The Morgan fingerprint density at radius 2 is 1.95 bits per heavy atom. The third-order valence-corrected chi connectivity index (χ3v) is 2.32. The van der Waals surface area contributed by atoms with Crippen molar-refractivity contribution in [3.05, 3.63) is 35.4 Å². The Morgan fingerprint density at radius 3 is 2.52 bits per heavy atom. The summed E-state index contributed by atoms with van der Waals surface area (Å²) >= 11 is 0. The second kappa shape index (κ2) is 7.47. The van der Waals surface area contributed by atoms with Gasteiger partial charge in [0.15, 0.2) is 0 Å². The lowest BCUT2D eigenvalue weighted by molar-refractivity contribution is -0.274. The Hall–Kier alpha value is -2.31. The van der Waals surface area contributed by atoms with Crippen LogP contribution in [0.25, 0.3) is 6.08 Å². The van der Waals surface area contributed by atoms with E-state index in [2.05, 4.69) is 10.1 Å². The molecule has 0 saturated heterocycles. The Morgan fingerprint density at radius 1 is 1.29 bits per heavy atom. The molecule has 1 aromatic carbocycles. The average molecular weight is 301 g/mol. The molecule has 0 aromatic heterocycles. The van der Waals surface area contributed by atoms with E-state index in [1.165, 1.54) is 19.1 Å². The van der Waals surface area contributed by atoms with E-state index in [1.807, 2.05) is 0 Å². The number of ether oxygens (including phenoxy) is 1. The van der Waals surface area contributed by atoms with Crippen LogP contribution in [0.15, 0.2) is 24.3 Å². The van der Waals surface area contributed by atoms with E-state index < -0.39 is 12.1 Å². The Labute approximate surface area is 119 Å². The standard InChI is InChI=1S/C14H14F3NO3/c1-10(20)18-5-3-2-4-11-6-12(9-19)8-13(7-11)21-14(15,16)17/h2,4,6-9H,3,5H2,1H3,(H,18,20). The second-order valence-corrected chi connectivity index (χ2v) is 4.18. The highest BCUT2D eigenvalue weighted by Gasteiger charge is 2.31.